The molecule has 2 rings (SSSR count). The highest BCUT2D eigenvalue weighted by atomic mass is 16.4. The Bertz CT molecular complexity index is 502. The van der Waals surface area contributed by atoms with Gasteiger partial charge in [0.25, 0.3) is 0 Å². The van der Waals surface area contributed by atoms with E-state index in [-0.39, 0.29) is 6.04 Å². The first-order valence-corrected chi connectivity index (χ1v) is 6.86. The van der Waals surface area contributed by atoms with E-state index in [4.69, 9.17) is 5.73 Å². The van der Waals surface area contributed by atoms with Crippen molar-refractivity contribution in [2.75, 3.05) is 5.32 Å². The van der Waals surface area contributed by atoms with Crippen molar-refractivity contribution in [3.8, 4) is 0 Å². The van der Waals surface area contributed by atoms with Crippen molar-refractivity contribution in [2.24, 2.45) is 11.1 Å². The second-order valence-corrected chi connectivity index (χ2v) is 5.46. The van der Waals surface area contributed by atoms with E-state index < -0.39 is 17.3 Å². The maximum Gasteiger partial charge on any atom is 0.319 e. The minimum atomic E-state index is -1.26. The van der Waals surface area contributed by atoms with Crippen molar-refractivity contribution in [3.05, 3.63) is 29.8 Å². The first-order valence-electron chi connectivity index (χ1n) is 6.86. The second kappa shape index (κ2) is 5.63. The first-order chi connectivity index (χ1) is 9.45. The van der Waals surface area contributed by atoms with Gasteiger partial charge in [-0.1, -0.05) is 25.0 Å². The molecule has 1 fully saturated rings. The molecule has 0 saturated heterocycles. The first kappa shape index (κ1) is 14.5. The number of nitrogens with one attached hydrogen (secondary N) is 1. The van der Waals surface area contributed by atoms with Gasteiger partial charge < -0.3 is 16.2 Å². The number of rotatable bonds is 4. The number of hydrogen-bond acceptors (Lipinski definition) is 3. The number of carbonyl (C=O) groups is 2. The molecule has 1 amide bonds. The molecule has 0 aromatic heterocycles. The molecule has 4 N–H and O–H groups in total. The highest BCUT2D eigenvalue weighted by molar-refractivity contribution is 6.08. The normalized spacial score (nSPS) is 18.5. The van der Waals surface area contributed by atoms with Crippen LogP contribution in [0.25, 0.3) is 0 Å². The molecule has 0 radical (unpaired) electrons. The molecule has 1 saturated carbocycles. The molecular weight excluding hydrogens is 256 g/mol. The fraction of sp³-hybridized carbons (Fsp3) is 0.467. The molecular formula is C15H20N2O3. The van der Waals surface area contributed by atoms with Gasteiger partial charge in [0.15, 0.2) is 0 Å². The molecule has 0 aliphatic heterocycles. The van der Waals surface area contributed by atoms with Crippen molar-refractivity contribution in [3.63, 3.8) is 0 Å². The van der Waals surface area contributed by atoms with Crippen molar-refractivity contribution < 1.29 is 14.7 Å². The topological polar surface area (TPSA) is 92.4 Å². The number of carboxylic acid groups (broad SMARTS) is 1. The zero-order valence-corrected chi connectivity index (χ0v) is 11.6. The predicted molar refractivity (Wildman–Crippen MR) is 76.2 cm³/mol. The molecule has 1 aromatic rings. The van der Waals surface area contributed by atoms with Gasteiger partial charge in [0.2, 0.25) is 5.91 Å². The van der Waals surface area contributed by atoms with Crippen LogP contribution in [0.15, 0.2) is 24.3 Å². The van der Waals surface area contributed by atoms with Crippen molar-refractivity contribution in [1.29, 1.82) is 0 Å². The van der Waals surface area contributed by atoms with Crippen LogP contribution >= 0.6 is 0 Å². The van der Waals surface area contributed by atoms with E-state index in [1.807, 2.05) is 19.1 Å². The van der Waals surface area contributed by atoms with Crippen LogP contribution in [0.3, 0.4) is 0 Å². The van der Waals surface area contributed by atoms with Crippen molar-refractivity contribution in [2.45, 2.75) is 38.6 Å². The minimum Gasteiger partial charge on any atom is -0.480 e. The molecule has 5 heteroatoms. The SMILES string of the molecule is C[C@H](N)c1ccc(NC(=O)C2(C(=O)O)CCCC2)cc1. The molecule has 0 spiro atoms. The molecule has 0 unspecified atom stereocenters. The van der Waals surface area contributed by atoms with Crippen LogP contribution < -0.4 is 11.1 Å². The van der Waals surface area contributed by atoms with Gasteiger partial charge in [-0.3, -0.25) is 9.59 Å². The van der Waals surface area contributed by atoms with E-state index in [9.17, 15) is 14.7 Å². The third-order valence-electron chi connectivity index (χ3n) is 4.00. The standard InChI is InChI=1S/C15H20N2O3/c1-10(16)11-4-6-12(7-5-11)17-13(18)15(14(19)20)8-2-3-9-15/h4-7,10H,2-3,8-9,16H2,1H3,(H,17,18)(H,19,20)/t10-/m0/s1. The molecule has 20 heavy (non-hydrogen) atoms. The molecule has 1 aromatic carbocycles. The summed E-state index contributed by atoms with van der Waals surface area (Å²) in [5, 5.41) is 12.1. The van der Waals surface area contributed by atoms with Gasteiger partial charge in [-0.05, 0) is 37.5 Å². The Morgan fingerprint density at radius 2 is 1.80 bits per heavy atom. The van der Waals surface area contributed by atoms with E-state index in [1.54, 1.807) is 12.1 Å². The maximum atomic E-state index is 12.3. The van der Waals surface area contributed by atoms with Crippen LogP contribution in [0, 0.1) is 5.41 Å². The third-order valence-corrected chi connectivity index (χ3v) is 4.00. The fourth-order valence-corrected chi connectivity index (χ4v) is 2.64. The number of benzene rings is 1. The summed E-state index contributed by atoms with van der Waals surface area (Å²) in [6, 6.07) is 7.10. The summed E-state index contributed by atoms with van der Waals surface area (Å²) in [7, 11) is 0. The lowest BCUT2D eigenvalue weighted by atomic mass is 9.85. The Morgan fingerprint density at radius 1 is 1.25 bits per heavy atom. The number of aliphatic carboxylic acids is 1. The minimum absolute atomic E-state index is 0.0695. The zero-order chi connectivity index (χ0) is 14.8. The number of carbonyl (C=O) groups excluding carboxylic acids is 1. The quantitative estimate of drug-likeness (QED) is 0.736. The highest BCUT2D eigenvalue weighted by Crippen LogP contribution is 2.39. The Kier molecular flexibility index (Phi) is 4.09. The third kappa shape index (κ3) is 2.67. The summed E-state index contributed by atoms with van der Waals surface area (Å²) in [6.45, 7) is 1.88. The van der Waals surface area contributed by atoms with Crippen LogP contribution in [0.2, 0.25) is 0 Å². The molecule has 0 heterocycles. The van der Waals surface area contributed by atoms with Crippen LogP contribution in [0.1, 0.15) is 44.2 Å². The van der Waals surface area contributed by atoms with Gasteiger partial charge >= 0.3 is 5.97 Å². The Morgan fingerprint density at radius 3 is 2.25 bits per heavy atom. The van der Waals surface area contributed by atoms with Crippen LogP contribution in [0.5, 0.6) is 0 Å². The van der Waals surface area contributed by atoms with E-state index in [0.717, 1.165) is 18.4 Å². The second-order valence-electron chi connectivity index (χ2n) is 5.46. The molecule has 1 aliphatic rings. The largest absolute Gasteiger partial charge is 0.480 e. The lowest BCUT2D eigenvalue weighted by Gasteiger charge is -2.22. The zero-order valence-electron chi connectivity index (χ0n) is 11.6. The summed E-state index contributed by atoms with van der Waals surface area (Å²) in [5.74, 6) is -1.45. The molecule has 108 valence electrons. The monoisotopic (exact) mass is 276 g/mol. The lowest BCUT2D eigenvalue weighted by Crippen LogP contribution is -2.40. The Hall–Kier alpha value is -1.88. The smallest absolute Gasteiger partial charge is 0.319 e. The van der Waals surface area contributed by atoms with Gasteiger partial charge in [-0.15, -0.1) is 0 Å². The predicted octanol–water partition coefficient (Wildman–Crippen LogP) is 2.29. The van der Waals surface area contributed by atoms with E-state index >= 15 is 0 Å². The molecule has 1 atom stereocenters. The van der Waals surface area contributed by atoms with Crippen LogP contribution in [-0.4, -0.2) is 17.0 Å². The summed E-state index contributed by atoms with van der Waals surface area (Å²) < 4.78 is 0. The number of amides is 1. The average molecular weight is 276 g/mol. The van der Waals surface area contributed by atoms with E-state index in [2.05, 4.69) is 5.32 Å². The maximum absolute atomic E-state index is 12.3. The highest BCUT2D eigenvalue weighted by Gasteiger charge is 2.48. The van der Waals surface area contributed by atoms with E-state index in [0.29, 0.717) is 18.5 Å². The summed E-state index contributed by atoms with van der Waals surface area (Å²) >= 11 is 0. The van der Waals surface area contributed by atoms with Crippen LogP contribution in [-0.2, 0) is 9.59 Å². The van der Waals surface area contributed by atoms with Crippen molar-refractivity contribution >= 4 is 17.6 Å². The summed E-state index contributed by atoms with van der Waals surface area (Å²) in [6.07, 6.45) is 2.38. The number of carboxylic acids is 1. The van der Waals surface area contributed by atoms with Gasteiger partial charge in [0, 0.05) is 11.7 Å². The Balaban J connectivity index is 2.12. The van der Waals surface area contributed by atoms with Gasteiger partial charge in [0.05, 0.1) is 0 Å². The molecule has 0 bridgehead atoms. The number of anilines is 1. The number of nitrogens with two attached hydrogens (primary N) is 1. The average Bonchev–Trinajstić information content (AvgIpc) is 2.90. The van der Waals surface area contributed by atoms with Crippen molar-refractivity contribution in [1.82, 2.24) is 0 Å². The van der Waals surface area contributed by atoms with E-state index in [1.165, 1.54) is 0 Å². The van der Waals surface area contributed by atoms with Gasteiger partial charge in [-0.25, -0.2) is 0 Å². The van der Waals surface area contributed by atoms with Crippen LogP contribution in [0.4, 0.5) is 5.69 Å². The summed E-state index contributed by atoms with van der Waals surface area (Å²) in [4.78, 5) is 23.7. The Labute approximate surface area is 118 Å². The lowest BCUT2D eigenvalue weighted by molar-refractivity contribution is -0.153. The fourth-order valence-electron chi connectivity index (χ4n) is 2.64. The summed E-state index contributed by atoms with van der Waals surface area (Å²) in [5.41, 5.74) is 6.07. The number of hydrogen-bond donors (Lipinski definition) is 3. The van der Waals surface area contributed by atoms with Gasteiger partial charge in [0.1, 0.15) is 5.41 Å². The molecule has 5 nitrogen and oxygen atoms in total. The van der Waals surface area contributed by atoms with Gasteiger partial charge in [-0.2, -0.15) is 0 Å². The molecule has 1 aliphatic carbocycles.